The molecule has 1 atom stereocenters. The summed E-state index contributed by atoms with van der Waals surface area (Å²) in [4.78, 5) is 44.0. The number of hydrogen-bond donors (Lipinski definition) is 2. The SMILES string of the molecule is CC(C)(Cc1ccc(F)cc1)N(C(=O)c1ccc(-c2cccnc2)s1)[C@@H](CCC(N)=O)C(=O)O. The van der Waals surface area contributed by atoms with Gasteiger partial charge in [0, 0.05) is 34.8 Å². The zero-order valence-electron chi connectivity index (χ0n) is 18.9. The molecule has 3 aromatic rings. The number of benzene rings is 1. The summed E-state index contributed by atoms with van der Waals surface area (Å²) in [6, 6.07) is 11.7. The molecule has 0 fully saturated rings. The Bertz CT molecular complexity index is 1160. The Balaban J connectivity index is 2.00. The number of thiophene rings is 1. The van der Waals surface area contributed by atoms with Crippen molar-refractivity contribution in [3.63, 3.8) is 0 Å². The quantitative estimate of drug-likeness (QED) is 0.450. The van der Waals surface area contributed by atoms with Crippen molar-refractivity contribution in [3.8, 4) is 10.4 Å². The molecule has 178 valence electrons. The van der Waals surface area contributed by atoms with Crippen molar-refractivity contribution in [1.29, 1.82) is 0 Å². The van der Waals surface area contributed by atoms with Crippen LogP contribution < -0.4 is 5.73 Å². The van der Waals surface area contributed by atoms with Crippen LogP contribution in [0.1, 0.15) is 41.9 Å². The van der Waals surface area contributed by atoms with E-state index in [9.17, 15) is 23.9 Å². The third-order valence-electron chi connectivity index (χ3n) is 5.44. The number of rotatable bonds is 10. The number of pyridine rings is 1. The monoisotopic (exact) mass is 483 g/mol. The molecule has 0 aliphatic rings. The highest BCUT2D eigenvalue weighted by Gasteiger charge is 2.41. The van der Waals surface area contributed by atoms with E-state index in [1.165, 1.54) is 28.4 Å². The molecule has 0 saturated heterocycles. The molecular formula is C25H26FN3O4S. The molecule has 2 heterocycles. The Morgan fingerprint density at radius 2 is 1.85 bits per heavy atom. The van der Waals surface area contributed by atoms with Crippen LogP contribution in [0.15, 0.2) is 60.9 Å². The molecule has 2 amide bonds. The maximum Gasteiger partial charge on any atom is 0.326 e. The number of carboxylic acid groups (broad SMARTS) is 1. The lowest BCUT2D eigenvalue weighted by atomic mass is 9.90. The number of aliphatic carboxylic acids is 1. The molecule has 1 aromatic carbocycles. The molecular weight excluding hydrogens is 457 g/mol. The van der Waals surface area contributed by atoms with Crippen molar-refractivity contribution < 1.29 is 23.9 Å². The summed E-state index contributed by atoms with van der Waals surface area (Å²) in [7, 11) is 0. The van der Waals surface area contributed by atoms with Crippen LogP contribution >= 0.6 is 11.3 Å². The van der Waals surface area contributed by atoms with Crippen LogP contribution in [-0.2, 0) is 16.0 Å². The van der Waals surface area contributed by atoms with Gasteiger partial charge in [0.15, 0.2) is 0 Å². The number of nitrogens with zero attached hydrogens (tertiary/aromatic N) is 2. The molecule has 34 heavy (non-hydrogen) atoms. The van der Waals surface area contributed by atoms with Gasteiger partial charge in [-0.25, -0.2) is 9.18 Å². The van der Waals surface area contributed by atoms with Gasteiger partial charge < -0.3 is 15.7 Å². The number of aromatic nitrogens is 1. The second-order valence-corrected chi connectivity index (χ2v) is 9.64. The van der Waals surface area contributed by atoms with Crippen LogP contribution in [0, 0.1) is 5.82 Å². The average molecular weight is 484 g/mol. The largest absolute Gasteiger partial charge is 0.480 e. The zero-order valence-corrected chi connectivity index (χ0v) is 19.7. The first-order valence-electron chi connectivity index (χ1n) is 10.7. The van der Waals surface area contributed by atoms with Gasteiger partial charge >= 0.3 is 5.97 Å². The molecule has 0 aliphatic carbocycles. The summed E-state index contributed by atoms with van der Waals surface area (Å²) in [6.45, 7) is 3.51. The minimum Gasteiger partial charge on any atom is -0.480 e. The lowest BCUT2D eigenvalue weighted by molar-refractivity contribution is -0.144. The van der Waals surface area contributed by atoms with Crippen LogP contribution in [0.25, 0.3) is 10.4 Å². The topological polar surface area (TPSA) is 114 Å². The minimum absolute atomic E-state index is 0.121. The Kier molecular flexibility index (Phi) is 7.78. The van der Waals surface area contributed by atoms with E-state index in [1.807, 2.05) is 6.07 Å². The predicted octanol–water partition coefficient (Wildman–Crippen LogP) is 4.13. The molecule has 0 aliphatic heterocycles. The first-order valence-corrected chi connectivity index (χ1v) is 11.5. The Morgan fingerprint density at radius 1 is 1.15 bits per heavy atom. The van der Waals surface area contributed by atoms with E-state index >= 15 is 0 Å². The van der Waals surface area contributed by atoms with Crippen molar-refractivity contribution in [1.82, 2.24) is 9.88 Å². The van der Waals surface area contributed by atoms with Crippen molar-refractivity contribution in [2.45, 2.75) is 44.7 Å². The predicted molar refractivity (Wildman–Crippen MR) is 128 cm³/mol. The van der Waals surface area contributed by atoms with Gasteiger partial charge in [0.05, 0.1) is 4.88 Å². The van der Waals surface area contributed by atoms with Crippen LogP contribution in [0.3, 0.4) is 0 Å². The molecule has 3 N–H and O–H groups in total. The lowest BCUT2D eigenvalue weighted by Gasteiger charge is -2.42. The van der Waals surface area contributed by atoms with Gasteiger partial charge in [0.1, 0.15) is 11.9 Å². The number of halogens is 1. The maximum atomic E-state index is 13.8. The summed E-state index contributed by atoms with van der Waals surface area (Å²) in [6.07, 6.45) is 3.31. The van der Waals surface area contributed by atoms with E-state index < -0.39 is 29.4 Å². The number of nitrogens with two attached hydrogens (primary N) is 1. The molecule has 0 saturated carbocycles. The molecule has 0 spiro atoms. The molecule has 0 unspecified atom stereocenters. The number of amides is 2. The lowest BCUT2D eigenvalue weighted by Crippen LogP contribution is -2.57. The highest BCUT2D eigenvalue weighted by molar-refractivity contribution is 7.17. The number of carbonyl (C=O) groups excluding carboxylic acids is 2. The number of carbonyl (C=O) groups is 3. The van der Waals surface area contributed by atoms with Crippen molar-refractivity contribution in [3.05, 3.63) is 77.2 Å². The second kappa shape index (κ2) is 10.6. The van der Waals surface area contributed by atoms with E-state index in [0.717, 1.165) is 16.0 Å². The second-order valence-electron chi connectivity index (χ2n) is 8.56. The molecule has 9 heteroatoms. The third kappa shape index (κ3) is 6.05. The normalized spacial score (nSPS) is 12.2. The van der Waals surface area contributed by atoms with Gasteiger partial charge in [-0.3, -0.25) is 14.6 Å². The number of hydrogen-bond acceptors (Lipinski definition) is 5. The number of carboxylic acids is 1. The molecule has 0 radical (unpaired) electrons. The van der Waals surface area contributed by atoms with Crippen LogP contribution in [0.5, 0.6) is 0 Å². The standard InChI is InChI=1S/C25H26FN3O4S/c1-25(2,14-16-5-7-18(26)8-6-16)29(19(24(32)33)9-12-22(27)30)23(31)21-11-10-20(34-21)17-4-3-13-28-15-17/h3-8,10-11,13,15,19H,9,12,14H2,1-2H3,(H2,27,30)(H,32,33)/t19-/m0/s1. The molecule has 7 nitrogen and oxygen atoms in total. The van der Waals surface area contributed by atoms with Gasteiger partial charge in [0.25, 0.3) is 5.91 Å². The van der Waals surface area contributed by atoms with Crippen molar-refractivity contribution in [2.75, 3.05) is 0 Å². The highest BCUT2D eigenvalue weighted by Crippen LogP contribution is 2.32. The third-order valence-corrected chi connectivity index (χ3v) is 6.57. The first kappa shape index (κ1) is 25.0. The van der Waals surface area contributed by atoms with Crippen molar-refractivity contribution >= 4 is 29.1 Å². The summed E-state index contributed by atoms with van der Waals surface area (Å²) in [5.74, 6) is -2.74. The van der Waals surface area contributed by atoms with Gasteiger partial charge in [-0.05, 0) is 62.6 Å². The average Bonchev–Trinajstić information content (AvgIpc) is 3.28. The van der Waals surface area contributed by atoms with E-state index in [2.05, 4.69) is 4.98 Å². The van der Waals surface area contributed by atoms with Crippen LogP contribution in [0.4, 0.5) is 4.39 Å². The van der Waals surface area contributed by atoms with E-state index in [4.69, 9.17) is 5.73 Å². The fourth-order valence-corrected chi connectivity index (χ4v) is 4.84. The van der Waals surface area contributed by atoms with E-state index in [-0.39, 0.29) is 25.1 Å². The molecule has 2 aromatic heterocycles. The fourth-order valence-electron chi connectivity index (χ4n) is 3.90. The first-order chi connectivity index (χ1) is 16.1. The summed E-state index contributed by atoms with van der Waals surface area (Å²) >= 11 is 1.23. The van der Waals surface area contributed by atoms with E-state index in [1.54, 1.807) is 56.6 Å². The maximum absolute atomic E-state index is 13.8. The van der Waals surface area contributed by atoms with Gasteiger partial charge in [-0.15, -0.1) is 11.3 Å². The summed E-state index contributed by atoms with van der Waals surface area (Å²) in [5.41, 5.74) is 5.87. The van der Waals surface area contributed by atoms with Crippen LogP contribution in [-0.4, -0.2) is 44.4 Å². The Hall–Kier alpha value is -3.59. The highest BCUT2D eigenvalue weighted by atomic mass is 32.1. The van der Waals surface area contributed by atoms with Crippen molar-refractivity contribution in [2.24, 2.45) is 5.73 Å². The number of primary amides is 1. The van der Waals surface area contributed by atoms with Gasteiger partial charge in [0.2, 0.25) is 5.91 Å². The minimum atomic E-state index is -1.28. The molecule has 0 bridgehead atoms. The van der Waals surface area contributed by atoms with E-state index in [0.29, 0.717) is 4.88 Å². The Morgan fingerprint density at radius 3 is 2.44 bits per heavy atom. The summed E-state index contributed by atoms with van der Waals surface area (Å²) < 4.78 is 13.4. The fraction of sp³-hybridized carbons (Fsp3) is 0.280. The molecule has 3 rings (SSSR count). The Labute approximate surface area is 201 Å². The van der Waals surface area contributed by atoms with Crippen LogP contribution in [0.2, 0.25) is 0 Å². The zero-order chi connectivity index (χ0) is 24.9. The van der Waals surface area contributed by atoms with Gasteiger partial charge in [-0.2, -0.15) is 0 Å². The smallest absolute Gasteiger partial charge is 0.326 e. The van der Waals surface area contributed by atoms with Gasteiger partial charge in [-0.1, -0.05) is 18.2 Å². The summed E-state index contributed by atoms with van der Waals surface area (Å²) in [5, 5.41) is 10.0.